The first-order valence-corrected chi connectivity index (χ1v) is 12.1. The van der Waals surface area contributed by atoms with E-state index in [4.69, 9.17) is 9.40 Å². The molecular weight excluding hydrogens is 402 g/mol. The highest BCUT2D eigenvalue weighted by molar-refractivity contribution is 6.10. The summed E-state index contributed by atoms with van der Waals surface area (Å²) in [5.74, 6) is 0.825. The molecule has 0 aliphatic heterocycles. The summed E-state index contributed by atoms with van der Waals surface area (Å²) in [7, 11) is 0. The molecule has 164 valence electrons. The molecule has 0 radical (unpaired) electrons. The molecule has 0 bridgehead atoms. The molecule has 0 saturated heterocycles. The van der Waals surface area contributed by atoms with Crippen molar-refractivity contribution in [2.45, 2.75) is 46.0 Å². The number of aromatic nitrogens is 1. The van der Waals surface area contributed by atoms with Crippen LogP contribution < -0.4 is 0 Å². The molecule has 5 aromatic rings. The Labute approximate surface area is 195 Å². The van der Waals surface area contributed by atoms with Gasteiger partial charge in [0.15, 0.2) is 0 Å². The predicted octanol–water partition coefficient (Wildman–Crippen LogP) is 8.66. The summed E-state index contributed by atoms with van der Waals surface area (Å²) in [6.45, 7) is 4.35. The van der Waals surface area contributed by atoms with E-state index in [1.807, 2.05) is 6.20 Å². The van der Waals surface area contributed by atoms with Crippen molar-refractivity contribution in [2.75, 3.05) is 0 Å². The van der Waals surface area contributed by atoms with Crippen LogP contribution in [0.15, 0.2) is 77.3 Å². The van der Waals surface area contributed by atoms with Gasteiger partial charge in [-0.1, -0.05) is 62.1 Å². The van der Waals surface area contributed by atoms with E-state index in [1.165, 1.54) is 53.5 Å². The summed E-state index contributed by atoms with van der Waals surface area (Å²) in [6.07, 6.45) is 8.60. The minimum Gasteiger partial charge on any atom is -0.455 e. The number of hydrogen-bond acceptors (Lipinski definition) is 2. The standard InChI is InChI=1S/C31H29NO/c1-20-7-5-8-21(2)30(20)24-13-14-25-26-11-6-12-27(31(26)33-29(25)19-24)28-18-23(15-16-32-28)17-22-9-3-4-10-22/h5-8,11-16,18-19,22H,3-4,9-10,17H2,1-2H3. The SMILES string of the molecule is Cc1cccc(C)c1-c1ccc2c(c1)oc1c(-c3cc(CC4CCCC4)ccn3)cccc12. The first kappa shape index (κ1) is 20.2. The van der Waals surface area contributed by atoms with Crippen LogP contribution in [0.2, 0.25) is 0 Å². The van der Waals surface area contributed by atoms with Crippen molar-refractivity contribution in [3.63, 3.8) is 0 Å². The highest BCUT2D eigenvalue weighted by Crippen LogP contribution is 2.38. The molecule has 1 aliphatic carbocycles. The number of rotatable bonds is 4. The highest BCUT2D eigenvalue weighted by atomic mass is 16.3. The molecule has 33 heavy (non-hydrogen) atoms. The number of benzene rings is 3. The Balaban J connectivity index is 1.45. The van der Waals surface area contributed by atoms with Crippen LogP contribution in [0.3, 0.4) is 0 Å². The van der Waals surface area contributed by atoms with E-state index < -0.39 is 0 Å². The van der Waals surface area contributed by atoms with Crippen molar-refractivity contribution in [3.05, 3.63) is 89.6 Å². The van der Waals surface area contributed by atoms with E-state index in [0.29, 0.717) is 0 Å². The van der Waals surface area contributed by atoms with Gasteiger partial charge in [-0.2, -0.15) is 0 Å². The lowest BCUT2D eigenvalue weighted by Crippen LogP contribution is -1.99. The van der Waals surface area contributed by atoms with Crippen molar-refractivity contribution in [2.24, 2.45) is 5.92 Å². The van der Waals surface area contributed by atoms with Gasteiger partial charge in [0.1, 0.15) is 11.2 Å². The van der Waals surface area contributed by atoms with Crippen LogP contribution in [0.4, 0.5) is 0 Å². The number of aryl methyl sites for hydroxylation is 2. The van der Waals surface area contributed by atoms with Gasteiger partial charge in [0.25, 0.3) is 0 Å². The van der Waals surface area contributed by atoms with Gasteiger partial charge in [0.05, 0.1) is 5.69 Å². The third kappa shape index (κ3) is 3.64. The Morgan fingerprint density at radius 1 is 0.848 bits per heavy atom. The number of fused-ring (bicyclic) bond motifs is 3. The molecule has 1 fully saturated rings. The van der Waals surface area contributed by atoms with Gasteiger partial charge in [-0.25, -0.2) is 0 Å². The van der Waals surface area contributed by atoms with Gasteiger partial charge in [-0.15, -0.1) is 0 Å². The summed E-state index contributed by atoms with van der Waals surface area (Å²) < 4.78 is 6.51. The monoisotopic (exact) mass is 431 g/mol. The van der Waals surface area contributed by atoms with Crippen molar-refractivity contribution in [3.8, 4) is 22.4 Å². The molecule has 2 heterocycles. The minimum atomic E-state index is 0.825. The van der Waals surface area contributed by atoms with Crippen LogP contribution in [-0.4, -0.2) is 4.98 Å². The Bertz CT molecular complexity index is 1450. The zero-order chi connectivity index (χ0) is 22.4. The molecule has 0 N–H and O–H groups in total. The number of furan rings is 1. The lowest BCUT2D eigenvalue weighted by Gasteiger charge is -2.10. The maximum atomic E-state index is 6.51. The van der Waals surface area contributed by atoms with Crippen LogP contribution in [0, 0.1) is 19.8 Å². The van der Waals surface area contributed by atoms with Crippen molar-refractivity contribution in [1.82, 2.24) is 4.98 Å². The molecular formula is C31H29NO. The second-order valence-electron chi connectivity index (χ2n) is 9.67. The summed E-state index contributed by atoms with van der Waals surface area (Å²) in [5.41, 5.74) is 10.4. The number of hydrogen-bond donors (Lipinski definition) is 0. The van der Waals surface area contributed by atoms with E-state index in [2.05, 4.69) is 80.6 Å². The van der Waals surface area contributed by atoms with Crippen LogP contribution in [0.25, 0.3) is 44.3 Å². The van der Waals surface area contributed by atoms with Crippen molar-refractivity contribution >= 4 is 21.9 Å². The largest absolute Gasteiger partial charge is 0.455 e. The van der Waals surface area contributed by atoms with E-state index in [-0.39, 0.29) is 0 Å². The third-order valence-corrected chi connectivity index (χ3v) is 7.37. The Morgan fingerprint density at radius 2 is 1.64 bits per heavy atom. The Morgan fingerprint density at radius 3 is 2.45 bits per heavy atom. The molecule has 0 unspecified atom stereocenters. The fourth-order valence-electron chi connectivity index (χ4n) is 5.72. The molecule has 2 heteroatoms. The molecule has 0 spiro atoms. The molecule has 0 atom stereocenters. The highest BCUT2D eigenvalue weighted by Gasteiger charge is 2.18. The smallest absolute Gasteiger partial charge is 0.144 e. The first-order chi connectivity index (χ1) is 16.2. The molecule has 3 aromatic carbocycles. The Kier molecular flexibility index (Phi) is 5.02. The second-order valence-corrected chi connectivity index (χ2v) is 9.67. The molecule has 0 amide bonds. The van der Waals surface area contributed by atoms with Crippen LogP contribution >= 0.6 is 0 Å². The molecule has 1 saturated carbocycles. The van der Waals surface area contributed by atoms with Gasteiger partial charge in [0.2, 0.25) is 0 Å². The zero-order valence-corrected chi connectivity index (χ0v) is 19.4. The van der Waals surface area contributed by atoms with Crippen molar-refractivity contribution in [1.29, 1.82) is 0 Å². The summed E-state index contributed by atoms with van der Waals surface area (Å²) in [5, 5.41) is 2.31. The number of para-hydroxylation sites is 1. The fourth-order valence-corrected chi connectivity index (χ4v) is 5.72. The topological polar surface area (TPSA) is 26.0 Å². The van der Waals surface area contributed by atoms with E-state index >= 15 is 0 Å². The van der Waals surface area contributed by atoms with E-state index in [1.54, 1.807) is 0 Å². The van der Waals surface area contributed by atoms with Gasteiger partial charge in [0, 0.05) is 22.5 Å². The number of nitrogens with zero attached hydrogens (tertiary/aromatic N) is 1. The average Bonchev–Trinajstić information content (AvgIpc) is 3.46. The normalized spacial score (nSPS) is 14.5. The average molecular weight is 432 g/mol. The van der Waals surface area contributed by atoms with Crippen LogP contribution in [0.5, 0.6) is 0 Å². The van der Waals surface area contributed by atoms with Gasteiger partial charge in [-0.05, 0) is 84.3 Å². The molecule has 2 aromatic heterocycles. The van der Waals surface area contributed by atoms with E-state index in [0.717, 1.165) is 45.5 Å². The lowest BCUT2D eigenvalue weighted by atomic mass is 9.95. The minimum absolute atomic E-state index is 0.825. The Hall–Kier alpha value is -3.39. The fraction of sp³-hybridized carbons (Fsp3) is 0.258. The van der Waals surface area contributed by atoms with Gasteiger partial charge >= 0.3 is 0 Å². The quantitative estimate of drug-likeness (QED) is 0.284. The third-order valence-electron chi connectivity index (χ3n) is 7.37. The van der Waals surface area contributed by atoms with Gasteiger partial charge < -0.3 is 4.42 Å². The van der Waals surface area contributed by atoms with Crippen molar-refractivity contribution < 1.29 is 4.42 Å². The maximum Gasteiger partial charge on any atom is 0.144 e. The summed E-state index contributed by atoms with van der Waals surface area (Å²) >= 11 is 0. The molecule has 1 aliphatic rings. The molecule has 6 rings (SSSR count). The first-order valence-electron chi connectivity index (χ1n) is 12.1. The lowest BCUT2D eigenvalue weighted by molar-refractivity contribution is 0.546. The summed E-state index contributed by atoms with van der Waals surface area (Å²) in [4.78, 5) is 4.73. The van der Waals surface area contributed by atoms with Crippen LogP contribution in [0.1, 0.15) is 42.4 Å². The van der Waals surface area contributed by atoms with E-state index in [9.17, 15) is 0 Å². The zero-order valence-electron chi connectivity index (χ0n) is 19.4. The maximum absolute atomic E-state index is 6.51. The number of pyridine rings is 1. The molecule has 2 nitrogen and oxygen atoms in total. The predicted molar refractivity (Wildman–Crippen MR) is 138 cm³/mol. The second kappa shape index (κ2) is 8.19. The van der Waals surface area contributed by atoms with Crippen LogP contribution in [-0.2, 0) is 6.42 Å². The summed E-state index contributed by atoms with van der Waals surface area (Å²) in [6, 6.07) is 23.9. The van der Waals surface area contributed by atoms with Gasteiger partial charge in [-0.3, -0.25) is 4.98 Å².